The van der Waals surface area contributed by atoms with E-state index >= 15 is 0 Å². The van der Waals surface area contributed by atoms with E-state index in [4.69, 9.17) is 5.73 Å². The highest BCUT2D eigenvalue weighted by atomic mass is 35.5. The van der Waals surface area contributed by atoms with E-state index in [0.717, 1.165) is 5.82 Å². The molecule has 0 saturated heterocycles. The molecule has 3 nitrogen and oxygen atoms in total. The molecule has 1 rings (SSSR count). The number of nitrogen functional groups attached to an aromatic ring is 1. The zero-order valence-corrected chi connectivity index (χ0v) is 8.65. The first-order valence-electron chi connectivity index (χ1n) is 3.09. The van der Waals surface area contributed by atoms with Crippen molar-refractivity contribution < 1.29 is 0 Å². The van der Waals surface area contributed by atoms with Crippen molar-refractivity contribution in [1.82, 2.24) is 4.98 Å². The summed E-state index contributed by atoms with van der Waals surface area (Å²) in [7, 11) is 3.89. The van der Waals surface area contributed by atoms with E-state index in [0.29, 0.717) is 5.69 Å². The molecule has 1 aromatic heterocycles. The van der Waals surface area contributed by atoms with Gasteiger partial charge in [0, 0.05) is 14.1 Å². The molecule has 0 atom stereocenters. The Hall–Kier alpha value is -0.670. The highest BCUT2D eigenvalue weighted by molar-refractivity contribution is 5.85. The third kappa shape index (κ3) is 3.64. The summed E-state index contributed by atoms with van der Waals surface area (Å²) in [6, 6.07) is 3.72. The molecule has 0 aliphatic rings. The minimum Gasteiger partial charge on any atom is -0.397 e. The highest BCUT2D eigenvalue weighted by Gasteiger charge is 1.92. The molecule has 12 heavy (non-hydrogen) atoms. The molecule has 0 amide bonds. The molecule has 0 unspecified atom stereocenters. The van der Waals surface area contributed by atoms with Gasteiger partial charge in [0.1, 0.15) is 5.82 Å². The van der Waals surface area contributed by atoms with Crippen LogP contribution in [0.4, 0.5) is 11.5 Å². The van der Waals surface area contributed by atoms with Gasteiger partial charge in [0.05, 0.1) is 11.9 Å². The van der Waals surface area contributed by atoms with Gasteiger partial charge >= 0.3 is 0 Å². The topological polar surface area (TPSA) is 42.1 Å². The normalized spacial score (nSPS) is 7.83. The Labute approximate surface area is 84.8 Å². The predicted octanol–water partition coefficient (Wildman–Crippen LogP) is 1.57. The van der Waals surface area contributed by atoms with Gasteiger partial charge < -0.3 is 10.6 Å². The molecule has 0 bridgehead atoms. The lowest BCUT2D eigenvalue weighted by Gasteiger charge is -2.09. The molecule has 5 heteroatoms. The van der Waals surface area contributed by atoms with Crippen LogP contribution in [0, 0.1) is 0 Å². The van der Waals surface area contributed by atoms with E-state index < -0.39 is 0 Å². The molecule has 1 aromatic rings. The van der Waals surface area contributed by atoms with E-state index in [1.807, 2.05) is 31.1 Å². The fraction of sp³-hybridized carbons (Fsp3) is 0.286. The highest BCUT2D eigenvalue weighted by Crippen LogP contribution is 2.07. The van der Waals surface area contributed by atoms with Gasteiger partial charge in [0.15, 0.2) is 0 Å². The Bertz CT molecular complexity index is 210. The van der Waals surface area contributed by atoms with Gasteiger partial charge in [-0.25, -0.2) is 4.98 Å². The Morgan fingerprint density at radius 3 is 2.17 bits per heavy atom. The third-order valence-corrected chi connectivity index (χ3v) is 1.23. The van der Waals surface area contributed by atoms with Crippen LogP contribution < -0.4 is 10.6 Å². The molecular formula is C7H13Cl2N3. The lowest BCUT2D eigenvalue weighted by atomic mass is 10.4. The lowest BCUT2D eigenvalue weighted by Crippen LogP contribution is -2.10. The Kier molecular flexibility index (Phi) is 6.85. The van der Waals surface area contributed by atoms with Crippen LogP contribution in [0.2, 0.25) is 0 Å². The number of pyridine rings is 1. The molecular weight excluding hydrogens is 197 g/mol. The first-order valence-corrected chi connectivity index (χ1v) is 3.09. The monoisotopic (exact) mass is 209 g/mol. The van der Waals surface area contributed by atoms with Gasteiger partial charge in [-0.05, 0) is 12.1 Å². The summed E-state index contributed by atoms with van der Waals surface area (Å²) in [4.78, 5) is 6.01. The molecule has 0 aromatic carbocycles. The number of halogens is 2. The second-order valence-electron chi connectivity index (χ2n) is 2.34. The Morgan fingerprint density at radius 1 is 1.25 bits per heavy atom. The third-order valence-electron chi connectivity index (χ3n) is 1.23. The van der Waals surface area contributed by atoms with E-state index in [1.54, 1.807) is 6.20 Å². The number of nitrogens with two attached hydrogens (primary N) is 1. The molecule has 0 fully saturated rings. The van der Waals surface area contributed by atoms with Gasteiger partial charge in [-0.1, -0.05) is 0 Å². The maximum Gasteiger partial charge on any atom is 0.128 e. The molecule has 70 valence electrons. The van der Waals surface area contributed by atoms with E-state index in [2.05, 4.69) is 4.98 Å². The maximum atomic E-state index is 5.45. The summed E-state index contributed by atoms with van der Waals surface area (Å²) < 4.78 is 0. The number of hydrogen-bond donors (Lipinski definition) is 1. The van der Waals surface area contributed by atoms with Crippen molar-refractivity contribution in [2.75, 3.05) is 24.7 Å². The molecule has 1 heterocycles. The van der Waals surface area contributed by atoms with E-state index in [9.17, 15) is 0 Å². The van der Waals surface area contributed by atoms with Crippen LogP contribution in [0.1, 0.15) is 0 Å². The minimum absolute atomic E-state index is 0. The van der Waals surface area contributed by atoms with Gasteiger partial charge in [0.25, 0.3) is 0 Å². The maximum absolute atomic E-state index is 5.45. The molecule has 0 aliphatic carbocycles. The van der Waals surface area contributed by atoms with Crippen LogP contribution in [0.25, 0.3) is 0 Å². The van der Waals surface area contributed by atoms with Gasteiger partial charge in [-0.2, -0.15) is 0 Å². The Morgan fingerprint density at radius 2 is 1.83 bits per heavy atom. The zero-order chi connectivity index (χ0) is 7.56. The minimum atomic E-state index is 0. The van der Waals surface area contributed by atoms with Crippen molar-refractivity contribution in [3.8, 4) is 0 Å². The van der Waals surface area contributed by atoms with Crippen molar-refractivity contribution in [2.24, 2.45) is 0 Å². The standard InChI is InChI=1S/C7H11N3.2ClH/c1-10(2)7-4-3-6(8)5-9-7;;/h3-5H,8H2,1-2H3;2*1H. The fourth-order valence-corrected chi connectivity index (χ4v) is 0.662. The zero-order valence-electron chi connectivity index (χ0n) is 7.02. The molecule has 2 N–H and O–H groups in total. The number of hydrogen-bond acceptors (Lipinski definition) is 3. The van der Waals surface area contributed by atoms with Crippen LogP contribution in [-0.4, -0.2) is 19.1 Å². The summed E-state index contributed by atoms with van der Waals surface area (Å²) in [6.45, 7) is 0. The van der Waals surface area contributed by atoms with E-state index in [1.165, 1.54) is 0 Å². The molecule has 0 aliphatic heterocycles. The van der Waals surface area contributed by atoms with E-state index in [-0.39, 0.29) is 24.8 Å². The van der Waals surface area contributed by atoms with Crippen molar-refractivity contribution in [1.29, 1.82) is 0 Å². The summed E-state index contributed by atoms with van der Waals surface area (Å²) in [5, 5.41) is 0. The molecule has 0 saturated carbocycles. The van der Waals surface area contributed by atoms with Gasteiger partial charge in [-0.3, -0.25) is 0 Å². The first kappa shape index (κ1) is 13.9. The number of aromatic nitrogens is 1. The SMILES string of the molecule is CN(C)c1ccc(N)cn1.Cl.Cl. The quantitative estimate of drug-likeness (QED) is 0.764. The van der Waals surface area contributed by atoms with Crippen LogP contribution >= 0.6 is 24.8 Å². The van der Waals surface area contributed by atoms with Gasteiger partial charge in [0.2, 0.25) is 0 Å². The number of anilines is 2. The van der Waals surface area contributed by atoms with Crippen molar-refractivity contribution in [2.45, 2.75) is 0 Å². The fourth-order valence-electron chi connectivity index (χ4n) is 0.662. The average Bonchev–Trinajstić information content (AvgIpc) is 1.88. The Balaban J connectivity index is 0. The summed E-state index contributed by atoms with van der Waals surface area (Å²) in [5.74, 6) is 0.925. The number of rotatable bonds is 1. The van der Waals surface area contributed by atoms with Crippen LogP contribution in [0.5, 0.6) is 0 Å². The average molecular weight is 210 g/mol. The van der Waals surface area contributed by atoms with Crippen LogP contribution in [0.15, 0.2) is 18.3 Å². The number of nitrogens with zero attached hydrogens (tertiary/aromatic N) is 2. The van der Waals surface area contributed by atoms with Gasteiger partial charge in [-0.15, -0.1) is 24.8 Å². The molecule has 0 spiro atoms. The second kappa shape index (κ2) is 5.91. The van der Waals surface area contributed by atoms with Crippen molar-refractivity contribution >= 4 is 36.3 Å². The van der Waals surface area contributed by atoms with Crippen molar-refractivity contribution in [3.63, 3.8) is 0 Å². The summed E-state index contributed by atoms with van der Waals surface area (Å²) in [6.07, 6.45) is 1.65. The summed E-state index contributed by atoms with van der Waals surface area (Å²) in [5.41, 5.74) is 6.15. The van der Waals surface area contributed by atoms with Crippen LogP contribution in [0.3, 0.4) is 0 Å². The molecule has 0 radical (unpaired) electrons. The summed E-state index contributed by atoms with van der Waals surface area (Å²) >= 11 is 0. The predicted molar refractivity (Wildman–Crippen MR) is 57.5 cm³/mol. The van der Waals surface area contributed by atoms with Crippen molar-refractivity contribution in [3.05, 3.63) is 18.3 Å². The largest absolute Gasteiger partial charge is 0.397 e. The van der Waals surface area contributed by atoms with Crippen LogP contribution in [-0.2, 0) is 0 Å². The first-order chi connectivity index (χ1) is 4.70. The second-order valence-corrected chi connectivity index (χ2v) is 2.34. The lowest BCUT2D eigenvalue weighted by molar-refractivity contribution is 1.07. The smallest absolute Gasteiger partial charge is 0.128 e.